The third-order valence-electron chi connectivity index (χ3n) is 5.20. The molecular formula is C23H24N4O4. The Bertz CT molecular complexity index is 1020. The van der Waals surface area contributed by atoms with Gasteiger partial charge in [-0.15, -0.1) is 0 Å². The van der Waals surface area contributed by atoms with Crippen LogP contribution in [0.25, 0.3) is 11.5 Å². The van der Waals surface area contributed by atoms with Crippen LogP contribution in [0.1, 0.15) is 12.7 Å². The van der Waals surface area contributed by atoms with E-state index in [1.165, 1.54) is 0 Å². The monoisotopic (exact) mass is 420 g/mol. The molecule has 1 aliphatic heterocycles. The first-order valence-corrected chi connectivity index (χ1v) is 10.2. The average Bonchev–Trinajstić information content (AvgIpc) is 3.27. The van der Waals surface area contributed by atoms with Gasteiger partial charge in [0.2, 0.25) is 5.91 Å². The van der Waals surface area contributed by atoms with E-state index in [0.29, 0.717) is 37.1 Å². The highest BCUT2D eigenvalue weighted by Gasteiger charge is 2.30. The van der Waals surface area contributed by atoms with E-state index in [1.807, 2.05) is 67.6 Å². The Morgan fingerprint density at radius 1 is 1.03 bits per heavy atom. The van der Waals surface area contributed by atoms with Crippen molar-refractivity contribution in [2.45, 2.75) is 19.4 Å². The molecule has 2 amide bonds. The maximum atomic E-state index is 12.7. The Labute approximate surface area is 180 Å². The van der Waals surface area contributed by atoms with Crippen LogP contribution in [0.15, 0.2) is 65.2 Å². The van der Waals surface area contributed by atoms with E-state index >= 15 is 0 Å². The lowest BCUT2D eigenvalue weighted by molar-refractivity contribution is -0.143. The average molecular weight is 420 g/mol. The van der Waals surface area contributed by atoms with Crippen molar-refractivity contribution >= 4 is 11.8 Å². The van der Waals surface area contributed by atoms with Crippen LogP contribution in [0.4, 0.5) is 0 Å². The van der Waals surface area contributed by atoms with Gasteiger partial charge in [-0.05, 0) is 31.2 Å². The molecule has 1 atom stereocenters. The summed E-state index contributed by atoms with van der Waals surface area (Å²) in [7, 11) is 0. The molecule has 160 valence electrons. The third-order valence-corrected chi connectivity index (χ3v) is 5.20. The number of rotatable bonds is 6. The van der Waals surface area contributed by atoms with E-state index in [9.17, 15) is 9.59 Å². The van der Waals surface area contributed by atoms with Crippen LogP contribution >= 0.6 is 0 Å². The van der Waals surface area contributed by atoms with Gasteiger partial charge in [0, 0.05) is 31.2 Å². The first kappa shape index (κ1) is 20.6. The molecule has 8 heteroatoms. The van der Waals surface area contributed by atoms with Gasteiger partial charge >= 0.3 is 0 Å². The molecule has 0 radical (unpaired) electrons. The Morgan fingerprint density at radius 2 is 1.74 bits per heavy atom. The molecule has 1 saturated heterocycles. The van der Waals surface area contributed by atoms with Crippen molar-refractivity contribution in [2.75, 3.05) is 26.2 Å². The minimum Gasteiger partial charge on any atom is -0.484 e. The van der Waals surface area contributed by atoms with Crippen molar-refractivity contribution in [3.8, 4) is 17.2 Å². The summed E-state index contributed by atoms with van der Waals surface area (Å²) in [6.07, 6.45) is 0.0636. The van der Waals surface area contributed by atoms with Crippen LogP contribution < -0.4 is 4.74 Å². The molecule has 1 fully saturated rings. The number of benzene rings is 2. The van der Waals surface area contributed by atoms with Gasteiger partial charge in [0.05, 0.1) is 6.42 Å². The smallest absolute Gasteiger partial charge is 0.260 e. The van der Waals surface area contributed by atoms with Gasteiger partial charge in [-0.25, -0.2) is 0 Å². The Balaban J connectivity index is 1.29. The quantitative estimate of drug-likeness (QED) is 0.609. The summed E-state index contributed by atoms with van der Waals surface area (Å²) in [5.74, 6) is 1.23. The van der Waals surface area contributed by atoms with E-state index in [4.69, 9.17) is 9.26 Å². The van der Waals surface area contributed by atoms with E-state index < -0.39 is 0 Å². The van der Waals surface area contributed by atoms with Gasteiger partial charge < -0.3 is 19.1 Å². The fraction of sp³-hybridized carbons (Fsp3) is 0.304. The number of carbonyl (C=O) groups excluding carboxylic acids is 2. The highest BCUT2D eigenvalue weighted by atomic mass is 16.5. The predicted molar refractivity (Wildman–Crippen MR) is 113 cm³/mol. The van der Waals surface area contributed by atoms with Gasteiger partial charge in [-0.1, -0.05) is 41.6 Å². The molecule has 0 N–H and O–H groups in total. The molecule has 0 spiro atoms. The third kappa shape index (κ3) is 5.09. The molecule has 0 aliphatic carbocycles. The van der Waals surface area contributed by atoms with Crippen molar-refractivity contribution in [2.24, 2.45) is 0 Å². The van der Waals surface area contributed by atoms with Crippen molar-refractivity contribution < 1.29 is 18.8 Å². The number of nitrogens with zero attached hydrogens (tertiary/aromatic N) is 4. The van der Waals surface area contributed by atoms with Crippen LogP contribution in [-0.4, -0.2) is 64.0 Å². The second kappa shape index (κ2) is 9.42. The number of ether oxygens (including phenoxy) is 1. The summed E-state index contributed by atoms with van der Waals surface area (Å²) >= 11 is 0. The summed E-state index contributed by atoms with van der Waals surface area (Å²) < 4.78 is 10.8. The lowest BCUT2D eigenvalue weighted by Crippen LogP contribution is -2.56. The minimum absolute atomic E-state index is 0.0204. The van der Waals surface area contributed by atoms with Crippen LogP contribution in [-0.2, 0) is 16.0 Å². The first-order valence-electron chi connectivity index (χ1n) is 10.2. The summed E-state index contributed by atoms with van der Waals surface area (Å²) in [5.41, 5.74) is 0.812. The zero-order chi connectivity index (χ0) is 21.6. The van der Waals surface area contributed by atoms with Crippen LogP contribution in [0.3, 0.4) is 0 Å². The Morgan fingerprint density at radius 3 is 2.45 bits per heavy atom. The fourth-order valence-electron chi connectivity index (χ4n) is 3.57. The normalized spacial score (nSPS) is 16.2. The van der Waals surface area contributed by atoms with Crippen molar-refractivity contribution in [3.63, 3.8) is 0 Å². The van der Waals surface area contributed by atoms with Crippen molar-refractivity contribution in [3.05, 3.63) is 66.5 Å². The lowest BCUT2D eigenvalue weighted by atomic mass is 10.1. The summed E-state index contributed by atoms with van der Waals surface area (Å²) in [4.78, 5) is 33.1. The van der Waals surface area contributed by atoms with Crippen molar-refractivity contribution in [1.82, 2.24) is 19.9 Å². The first-order chi connectivity index (χ1) is 15.1. The highest BCUT2D eigenvalue weighted by molar-refractivity contribution is 5.80. The molecule has 0 unspecified atom stereocenters. The maximum absolute atomic E-state index is 12.7. The topological polar surface area (TPSA) is 88.8 Å². The van der Waals surface area contributed by atoms with Gasteiger partial charge in [0.25, 0.3) is 11.8 Å². The molecule has 8 nitrogen and oxygen atoms in total. The number of piperazine rings is 1. The van der Waals surface area contributed by atoms with Gasteiger partial charge in [-0.3, -0.25) is 9.59 Å². The number of amides is 2. The number of hydrogen-bond donors (Lipinski definition) is 0. The molecule has 4 rings (SSSR count). The van der Waals surface area contributed by atoms with Gasteiger partial charge in [-0.2, -0.15) is 4.98 Å². The highest BCUT2D eigenvalue weighted by Crippen LogP contribution is 2.17. The van der Waals surface area contributed by atoms with E-state index in [0.717, 1.165) is 5.56 Å². The van der Waals surface area contributed by atoms with E-state index in [1.54, 1.807) is 9.80 Å². The van der Waals surface area contributed by atoms with Gasteiger partial charge in [0.15, 0.2) is 12.4 Å². The minimum atomic E-state index is -0.102. The molecular weight excluding hydrogens is 396 g/mol. The van der Waals surface area contributed by atoms with Crippen molar-refractivity contribution in [1.29, 1.82) is 0 Å². The Kier molecular flexibility index (Phi) is 6.26. The molecule has 0 saturated carbocycles. The summed E-state index contributed by atoms with van der Waals surface area (Å²) in [6, 6.07) is 18.6. The number of para-hydroxylation sites is 1. The number of carbonyl (C=O) groups is 2. The molecule has 1 aromatic heterocycles. The summed E-state index contributed by atoms with van der Waals surface area (Å²) in [5, 5.41) is 3.93. The van der Waals surface area contributed by atoms with Crippen LogP contribution in [0.2, 0.25) is 0 Å². The predicted octanol–water partition coefficient (Wildman–Crippen LogP) is 2.42. The number of hydrogen-bond acceptors (Lipinski definition) is 6. The zero-order valence-electron chi connectivity index (χ0n) is 17.3. The molecule has 1 aliphatic rings. The lowest BCUT2D eigenvalue weighted by Gasteiger charge is -2.39. The van der Waals surface area contributed by atoms with Crippen LogP contribution in [0, 0.1) is 0 Å². The molecule has 3 aromatic rings. The second-order valence-electron chi connectivity index (χ2n) is 7.44. The number of aromatic nitrogens is 2. The fourth-order valence-corrected chi connectivity index (χ4v) is 3.57. The molecule has 2 heterocycles. The maximum Gasteiger partial charge on any atom is 0.260 e. The summed E-state index contributed by atoms with van der Waals surface area (Å²) in [6.45, 7) is 3.30. The van der Waals surface area contributed by atoms with Crippen LogP contribution in [0.5, 0.6) is 5.75 Å². The van der Waals surface area contributed by atoms with Gasteiger partial charge in [0.1, 0.15) is 5.75 Å². The van der Waals surface area contributed by atoms with E-state index in [2.05, 4.69) is 10.1 Å². The SMILES string of the molecule is C[C@H]1CN(C(=O)Cc2noc(-c3ccccc3)n2)CCN1C(=O)COc1ccccc1. The molecule has 31 heavy (non-hydrogen) atoms. The van der Waals surface area contributed by atoms with E-state index in [-0.39, 0.29) is 30.9 Å². The standard InChI is InChI=1S/C23H24N4O4/c1-17-15-26(12-13-27(17)22(29)16-30-19-10-6-3-7-11-19)21(28)14-20-24-23(31-25-20)18-8-4-2-5-9-18/h2-11,17H,12-16H2,1H3/t17-/m0/s1. The molecule has 2 aromatic carbocycles. The zero-order valence-corrected chi connectivity index (χ0v) is 17.3. The molecule has 0 bridgehead atoms. The Hall–Kier alpha value is -3.68. The largest absolute Gasteiger partial charge is 0.484 e. The second-order valence-corrected chi connectivity index (χ2v) is 7.44.